The third kappa shape index (κ3) is 34.5. The number of phenols is 1. The molecule has 0 saturated heterocycles. The molecule has 0 radical (unpaired) electrons. The van der Waals surface area contributed by atoms with Crippen LogP contribution in [0, 0.1) is 11.8 Å². The summed E-state index contributed by atoms with van der Waals surface area (Å²) in [6.07, 6.45) is -5.32. The fourth-order valence-electron chi connectivity index (χ4n) is 11.8. The maximum absolute atomic E-state index is 14.6. The monoisotopic (exact) mass is 1620 g/mol. The molecular weight excluding hydrogens is 1510 g/mol. The first kappa shape index (κ1) is 95.3. The van der Waals surface area contributed by atoms with Gasteiger partial charge in [0.25, 0.3) is 0 Å². The lowest BCUT2D eigenvalue weighted by Gasteiger charge is -2.27. The molecule has 19 amide bonds. The van der Waals surface area contributed by atoms with E-state index in [4.69, 9.17) is 45.9 Å². The number of hydrogen-bond donors (Lipinski definition) is 22. The van der Waals surface area contributed by atoms with Gasteiger partial charge in [0.15, 0.2) is 0 Å². The first-order chi connectivity index (χ1) is 54.6. The van der Waals surface area contributed by atoms with Crippen LogP contribution >= 0.6 is 0 Å². The summed E-state index contributed by atoms with van der Waals surface area (Å²) in [7, 11) is 0. The number of aromatic amines is 1. The van der Waals surface area contributed by atoms with Crippen molar-refractivity contribution in [3.8, 4) is 5.75 Å². The zero-order valence-corrected chi connectivity index (χ0v) is 65.0. The molecule has 41 heteroatoms. The van der Waals surface area contributed by atoms with Crippen LogP contribution in [-0.4, -0.2) is 201 Å². The summed E-state index contributed by atoms with van der Waals surface area (Å²) in [5.41, 5.74) is 46.3. The fourth-order valence-corrected chi connectivity index (χ4v) is 11.8. The van der Waals surface area contributed by atoms with Crippen molar-refractivity contribution in [2.75, 3.05) is 6.54 Å². The van der Waals surface area contributed by atoms with Gasteiger partial charge >= 0.3 is 0 Å². The molecule has 0 bridgehead atoms. The molecule has 1 heterocycles. The van der Waals surface area contributed by atoms with E-state index in [1.165, 1.54) is 24.3 Å². The normalized spacial score (nSPS) is 14.2. The second-order valence-corrected chi connectivity index (χ2v) is 28.7. The van der Waals surface area contributed by atoms with Gasteiger partial charge in [-0.2, -0.15) is 0 Å². The van der Waals surface area contributed by atoms with Crippen molar-refractivity contribution >= 4 is 123 Å². The lowest BCUT2D eigenvalue weighted by molar-refractivity contribution is -0.136. The number of hydrogen-bond acceptors (Lipinski definition) is 21. The van der Waals surface area contributed by atoms with Crippen LogP contribution in [0.25, 0.3) is 10.9 Å². The molecule has 0 saturated carbocycles. The van der Waals surface area contributed by atoms with Gasteiger partial charge in [-0.15, -0.1) is 0 Å². The number of carbonyl (C=O) groups is 19. The molecule has 0 aliphatic heterocycles. The first-order valence-electron chi connectivity index (χ1n) is 37.3. The molecule has 4 aromatic rings. The summed E-state index contributed by atoms with van der Waals surface area (Å²) in [6, 6.07) is 1.64. The van der Waals surface area contributed by atoms with Gasteiger partial charge in [-0.3, -0.25) is 91.1 Å². The van der Waals surface area contributed by atoms with E-state index in [1.807, 2.05) is 0 Å². The van der Waals surface area contributed by atoms with E-state index in [1.54, 1.807) is 88.5 Å². The van der Waals surface area contributed by atoms with Crippen LogP contribution in [0.5, 0.6) is 5.75 Å². The second-order valence-electron chi connectivity index (χ2n) is 28.7. The lowest BCUT2D eigenvalue weighted by atomic mass is 10.00. The van der Waals surface area contributed by atoms with Crippen molar-refractivity contribution < 1.29 is 96.2 Å². The van der Waals surface area contributed by atoms with Crippen LogP contribution < -0.4 is 110 Å². The number of aromatic nitrogens is 1. The number of benzene rings is 3. The molecule has 0 fully saturated rings. The molecule has 0 spiro atoms. The van der Waals surface area contributed by atoms with Crippen molar-refractivity contribution in [1.82, 2.24) is 68.8 Å². The van der Waals surface area contributed by atoms with Gasteiger partial charge < -0.3 is 120 Å². The quantitative estimate of drug-likeness (QED) is 0.0195. The van der Waals surface area contributed by atoms with Crippen molar-refractivity contribution in [2.45, 2.75) is 210 Å². The van der Waals surface area contributed by atoms with E-state index < -0.39 is 262 Å². The summed E-state index contributed by atoms with van der Waals surface area (Å²) in [5, 5.41) is 39.9. The summed E-state index contributed by atoms with van der Waals surface area (Å²) < 4.78 is 0. The summed E-state index contributed by atoms with van der Waals surface area (Å²) in [4.78, 5) is 258. The molecule has 30 N–H and O–H groups in total. The Kier molecular flexibility index (Phi) is 38.9. The Morgan fingerprint density at radius 3 is 1.16 bits per heavy atom. The van der Waals surface area contributed by atoms with Gasteiger partial charge in [0, 0.05) is 68.5 Å². The van der Waals surface area contributed by atoms with E-state index >= 15 is 0 Å². The second kappa shape index (κ2) is 47.4. The van der Waals surface area contributed by atoms with Crippen molar-refractivity contribution in [3.05, 3.63) is 102 Å². The predicted molar refractivity (Wildman–Crippen MR) is 416 cm³/mol. The molecule has 4 rings (SSSR count). The Bertz CT molecular complexity index is 4180. The minimum atomic E-state index is -1.87. The highest BCUT2D eigenvalue weighted by molar-refractivity contribution is 6.01. The van der Waals surface area contributed by atoms with E-state index in [-0.39, 0.29) is 49.7 Å². The highest BCUT2D eigenvalue weighted by atomic mass is 16.3. The van der Waals surface area contributed by atoms with Crippen LogP contribution in [-0.2, 0) is 110 Å². The smallest absolute Gasteiger partial charge is 0.243 e. The van der Waals surface area contributed by atoms with Gasteiger partial charge in [0.1, 0.15) is 72.2 Å². The summed E-state index contributed by atoms with van der Waals surface area (Å²) in [5.74, 6) is -20.2. The Balaban J connectivity index is 1.59. The van der Waals surface area contributed by atoms with Gasteiger partial charge in [0.05, 0.1) is 19.0 Å². The van der Waals surface area contributed by atoms with Crippen molar-refractivity contribution in [3.63, 3.8) is 0 Å². The third-order valence-electron chi connectivity index (χ3n) is 17.9. The molecule has 41 nitrogen and oxygen atoms in total. The standard InChI is InChI=1S/C75H107N21O20/c1-37(2)29-45(76)66(107)88-48(20-25-58(78)99)69(110)90-50(22-27-60(80)101)71(112)92-51(23-28-61(81)102)72(113)91-49(21-26-59(79)100)70(111)89-47(19-24-57(77)98)68(109)86-39(5)65(106)94-54(32-41-15-17-43(97)18-16-41)67(108)85-36-63(104)87-55(33-42-35-84-46-14-10-9-13-44(42)46)74(115)95-53(30-38(3)4)73(114)96-56(34-62(82)103)75(116)93-52(64(83)105)31-40-11-7-6-8-12-40/h6-18,35,37-39,45,47-56,84,97H,19-34,36,76H2,1-5H3,(H2,77,98)(H2,78,99)(H2,79,100)(H2,80,101)(H2,81,102)(H2,82,103)(H2,83,105)(H,85,108)(H,86,109)(H,87,104)(H,88,107)(H,89,111)(H,90,110)(H,91,113)(H,92,112)(H,93,116)(H,94,106)(H,95,115)(H,96,114)/t39-,45-,47-,48-,49-,50-,51-,52-,53-,54-,55-,56-/m0/s1. The number of fused-ring (bicyclic) bond motifs is 1. The minimum absolute atomic E-state index is 0.0523. The number of phenolic OH excluding ortho intramolecular Hbond substituents is 1. The van der Waals surface area contributed by atoms with Gasteiger partial charge in [0.2, 0.25) is 112 Å². The highest BCUT2D eigenvalue weighted by Crippen LogP contribution is 2.21. The lowest BCUT2D eigenvalue weighted by Crippen LogP contribution is -2.60. The average Bonchev–Trinajstić information content (AvgIpc) is 1.66. The third-order valence-corrected chi connectivity index (χ3v) is 17.9. The zero-order valence-electron chi connectivity index (χ0n) is 65.0. The van der Waals surface area contributed by atoms with Crippen molar-refractivity contribution in [1.29, 1.82) is 0 Å². The van der Waals surface area contributed by atoms with Crippen LogP contribution in [0.1, 0.15) is 135 Å². The topological polar surface area (TPSA) is 713 Å². The van der Waals surface area contributed by atoms with Crippen molar-refractivity contribution in [2.24, 2.45) is 57.7 Å². The number of nitrogens with two attached hydrogens (primary N) is 8. The number of primary amides is 7. The van der Waals surface area contributed by atoms with E-state index in [0.29, 0.717) is 27.6 Å². The molecule has 3 aromatic carbocycles. The molecule has 116 heavy (non-hydrogen) atoms. The Hall–Kier alpha value is -13.1. The molecule has 0 aliphatic carbocycles. The van der Waals surface area contributed by atoms with Crippen LogP contribution in [0.15, 0.2) is 85.1 Å². The maximum Gasteiger partial charge on any atom is 0.243 e. The Morgan fingerprint density at radius 1 is 0.353 bits per heavy atom. The molecule has 0 unspecified atom stereocenters. The number of para-hydroxylation sites is 1. The zero-order chi connectivity index (χ0) is 86.6. The summed E-state index contributed by atoms with van der Waals surface area (Å²) >= 11 is 0. The van der Waals surface area contributed by atoms with E-state index in [0.717, 1.165) is 6.92 Å². The largest absolute Gasteiger partial charge is 0.508 e. The molecular formula is C75H107N21O20. The first-order valence-corrected chi connectivity index (χ1v) is 37.3. The van der Waals surface area contributed by atoms with Crippen LogP contribution in [0.4, 0.5) is 0 Å². The number of carbonyl (C=O) groups excluding carboxylic acids is 19. The number of rotatable bonds is 52. The number of H-pyrrole nitrogens is 1. The average molecular weight is 1620 g/mol. The van der Waals surface area contributed by atoms with Gasteiger partial charge in [-0.25, -0.2) is 0 Å². The highest BCUT2D eigenvalue weighted by Gasteiger charge is 2.38. The number of aromatic hydroxyl groups is 1. The van der Waals surface area contributed by atoms with Crippen LogP contribution in [0.3, 0.4) is 0 Å². The minimum Gasteiger partial charge on any atom is -0.508 e. The Labute approximate surface area is 667 Å². The molecule has 0 aliphatic rings. The maximum atomic E-state index is 14.6. The molecule has 12 atom stereocenters. The van der Waals surface area contributed by atoms with Gasteiger partial charge in [-0.1, -0.05) is 88.4 Å². The van der Waals surface area contributed by atoms with E-state index in [2.05, 4.69) is 68.8 Å². The Morgan fingerprint density at radius 2 is 0.716 bits per heavy atom. The molecule has 1 aromatic heterocycles. The van der Waals surface area contributed by atoms with Crippen LogP contribution in [0.2, 0.25) is 0 Å². The molecule has 632 valence electrons. The van der Waals surface area contributed by atoms with E-state index in [9.17, 15) is 96.2 Å². The summed E-state index contributed by atoms with van der Waals surface area (Å²) in [6.45, 7) is 7.26. The van der Waals surface area contributed by atoms with Gasteiger partial charge in [-0.05, 0) is 98.6 Å². The SMILES string of the molecule is CC(C)C[C@H](NC(=O)[C@H](Cc1c[nH]c2ccccc12)NC(=O)CNC(=O)[C@H](Cc1ccc(O)cc1)NC(=O)[C@H](C)NC(=O)[C@H](CCC(N)=O)NC(=O)[C@H](CCC(N)=O)NC(=O)[C@H](CCC(N)=O)NC(=O)[C@H](CCC(N)=O)NC(=O)[C@H](CCC(N)=O)NC(=O)[C@@H](N)CC(C)C)C(=O)N[C@@H](CC(N)=O)C(=O)N[C@@H](Cc1ccccc1)C(N)=O. The fraction of sp³-hybridized carbons (Fsp3) is 0.480. The predicted octanol–water partition coefficient (Wildman–Crippen LogP) is -6.52. The number of nitrogens with one attached hydrogen (secondary N) is 13. The number of amides is 19.